The number of aliphatic hydroxyl groups is 1. The van der Waals surface area contributed by atoms with E-state index in [0.717, 1.165) is 55.7 Å². The van der Waals surface area contributed by atoms with Crippen LogP contribution in [0.25, 0.3) is 0 Å². The van der Waals surface area contributed by atoms with Crippen molar-refractivity contribution >= 4 is 0 Å². The summed E-state index contributed by atoms with van der Waals surface area (Å²) < 4.78 is 5.68. The number of pyridine rings is 1. The number of rotatable bonds is 12. The summed E-state index contributed by atoms with van der Waals surface area (Å²) in [5.74, 6) is 0. The predicted molar refractivity (Wildman–Crippen MR) is 101 cm³/mol. The number of aromatic nitrogens is 1. The Hall–Kier alpha value is -1.75. The summed E-state index contributed by atoms with van der Waals surface area (Å²) >= 11 is 0. The van der Waals surface area contributed by atoms with Crippen molar-refractivity contribution in [3.63, 3.8) is 0 Å². The molecule has 0 spiro atoms. The maximum absolute atomic E-state index is 9.39. The van der Waals surface area contributed by atoms with Gasteiger partial charge in [0.25, 0.3) is 0 Å². The highest BCUT2D eigenvalue weighted by Crippen LogP contribution is 2.17. The lowest BCUT2D eigenvalue weighted by molar-refractivity contribution is 0.132. The monoisotopic (exact) mass is 342 g/mol. The first-order chi connectivity index (χ1) is 12.3. The van der Waals surface area contributed by atoms with Crippen LogP contribution in [0.3, 0.4) is 0 Å². The Labute approximate surface area is 151 Å². The molecule has 2 rings (SSSR count). The summed E-state index contributed by atoms with van der Waals surface area (Å²) in [6.45, 7) is 2.12. The lowest BCUT2D eigenvalue weighted by Crippen LogP contribution is -2.06. The molecule has 1 heterocycles. The van der Waals surface area contributed by atoms with Gasteiger partial charge in [-0.1, -0.05) is 37.1 Å². The minimum absolute atomic E-state index is 0.0657. The molecule has 0 aliphatic heterocycles. The Bertz CT molecular complexity index is 602. The van der Waals surface area contributed by atoms with E-state index in [4.69, 9.17) is 10.5 Å². The van der Waals surface area contributed by atoms with Crippen LogP contribution in [0, 0.1) is 0 Å². The fraction of sp³-hybridized carbons (Fsp3) is 0.476. The number of nitrogens with zero attached hydrogens (tertiary/aromatic N) is 1. The van der Waals surface area contributed by atoms with Gasteiger partial charge < -0.3 is 15.6 Å². The normalized spacial score (nSPS) is 11.0. The van der Waals surface area contributed by atoms with Crippen LogP contribution in [0.15, 0.2) is 42.6 Å². The lowest BCUT2D eigenvalue weighted by Gasteiger charge is -2.12. The first-order valence-corrected chi connectivity index (χ1v) is 9.23. The van der Waals surface area contributed by atoms with E-state index >= 15 is 0 Å². The number of ether oxygens (including phenoxy) is 1. The van der Waals surface area contributed by atoms with Crippen LogP contribution in [0.1, 0.15) is 48.1 Å². The zero-order valence-electron chi connectivity index (χ0n) is 15.0. The Kier molecular flexibility index (Phi) is 9.19. The van der Waals surface area contributed by atoms with Crippen LogP contribution in [0.2, 0.25) is 0 Å². The van der Waals surface area contributed by atoms with Crippen LogP contribution in [0.4, 0.5) is 0 Å². The molecule has 3 N–H and O–H groups in total. The molecule has 4 heteroatoms. The number of benzene rings is 1. The number of aryl methyl sites for hydroxylation is 1. The predicted octanol–water partition coefficient (Wildman–Crippen LogP) is 3.39. The van der Waals surface area contributed by atoms with Crippen molar-refractivity contribution in [1.82, 2.24) is 4.98 Å². The van der Waals surface area contributed by atoms with Crippen molar-refractivity contribution in [3.05, 3.63) is 65.0 Å². The molecule has 2 aromatic rings. The molecule has 25 heavy (non-hydrogen) atoms. The van der Waals surface area contributed by atoms with E-state index in [9.17, 15) is 5.11 Å². The molecular formula is C21H30N2O2. The number of nitrogens with two attached hydrogens (primary N) is 1. The summed E-state index contributed by atoms with van der Waals surface area (Å²) in [6, 6.07) is 12.1. The molecule has 0 amide bonds. The molecule has 0 atom stereocenters. The van der Waals surface area contributed by atoms with Gasteiger partial charge in [-0.25, -0.2) is 0 Å². The van der Waals surface area contributed by atoms with Gasteiger partial charge in [0.05, 0.1) is 13.2 Å². The Morgan fingerprint density at radius 1 is 0.880 bits per heavy atom. The van der Waals surface area contributed by atoms with E-state index in [1.54, 1.807) is 0 Å². The van der Waals surface area contributed by atoms with Crippen LogP contribution in [-0.4, -0.2) is 23.3 Å². The van der Waals surface area contributed by atoms with E-state index in [1.165, 1.54) is 18.4 Å². The molecule has 0 aliphatic carbocycles. The maximum Gasteiger partial charge on any atom is 0.0685 e. The topological polar surface area (TPSA) is 68.4 Å². The average molecular weight is 342 g/mol. The average Bonchev–Trinajstić information content (AvgIpc) is 2.67. The molecule has 0 saturated carbocycles. The highest BCUT2D eigenvalue weighted by Gasteiger charge is 2.05. The molecule has 1 aromatic heterocycles. The standard InChI is InChI=1S/C21H30N2O2/c22-16-21-18(9-7-10-19(21)17-24)8-3-1-2-6-14-25-15-12-20-11-4-5-13-23-20/h4-5,7,9-11,13,24H,1-3,6,8,12,14-17,22H2. The highest BCUT2D eigenvalue weighted by atomic mass is 16.5. The molecule has 1 aromatic carbocycles. The molecule has 0 fully saturated rings. The van der Waals surface area contributed by atoms with E-state index in [2.05, 4.69) is 11.1 Å². The van der Waals surface area contributed by atoms with Crippen molar-refractivity contribution in [1.29, 1.82) is 0 Å². The van der Waals surface area contributed by atoms with Gasteiger partial charge in [0.2, 0.25) is 0 Å². The minimum atomic E-state index is 0.0657. The number of unbranched alkanes of at least 4 members (excludes halogenated alkanes) is 3. The van der Waals surface area contributed by atoms with Crippen molar-refractivity contribution < 1.29 is 9.84 Å². The smallest absolute Gasteiger partial charge is 0.0685 e. The molecular weight excluding hydrogens is 312 g/mol. The summed E-state index contributed by atoms with van der Waals surface area (Å²) in [7, 11) is 0. The van der Waals surface area contributed by atoms with Crippen molar-refractivity contribution in [2.24, 2.45) is 5.73 Å². The summed E-state index contributed by atoms with van der Waals surface area (Å²) in [6.07, 6.45) is 8.35. The first kappa shape index (κ1) is 19.6. The maximum atomic E-state index is 9.39. The van der Waals surface area contributed by atoms with E-state index in [-0.39, 0.29) is 6.61 Å². The quantitative estimate of drug-likeness (QED) is 0.580. The number of hydrogen-bond acceptors (Lipinski definition) is 4. The lowest BCUT2D eigenvalue weighted by atomic mass is 9.97. The van der Waals surface area contributed by atoms with Crippen LogP contribution in [-0.2, 0) is 30.7 Å². The second-order valence-corrected chi connectivity index (χ2v) is 6.26. The van der Waals surface area contributed by atoms with Gasteiger partial charge in [-0.3, -0.25) is 4.98 Å². The van der Waals surface area contributed by atoms with Gasteiger partial charge >= 0.3 is 0 Å². The fourth-order valence-corrected chi connectivity index (χ4v) is 3.03. The zero-order valence-corrected chi connectivity index (χ0v) is 15.0. The number of hydrogen-bond donors (Lipinski definition) is 2. The van der Waals surface area contributed by atoms with E-state index in [0.29, 0.717) is 6.54 Å². The van der Waals surface area contributed by atoms with Gasteiger partial charge in [0.1, 0.15) is 0 Å². The summed E-state index contributed by atoms with van der Waals surface area (Å²) in [5, 5.41) is 9.39. The molecule has 4 nitrogen and oxygen atoms in total. The molecule has 0 aliphatic rings. The van der Waals surface area contributed by atoms with Gasteiger partial charge in [-0.15, -0.1) is 0 Å². The first-order valence-electron chi connectivity index (χ1n) is 9.23. The van der Waals surface area contributed by atoms with Gasteiger partial charge in [0, 0.05) is 31.5 Å². The van der Waals surface area contributed by atoms with E-state index < -0.39 is 0 Å². The molecule has 136 valence electrons. The number of aliphatic hydroxyl groups excluding tert-OH is 1. The molecule has 0 unspecified atom stereocenters. The Balaban J connectivity index is 1.54. The second kappa shape index (κ2) is 11.7. The third kappa shape index (κ3) is 6.94. The largest absolute Gasteiger partial charge is 0.392 e. The Morgan fingerprint density at radius 3 is 2.48 bits per heavy atom. The third-order valence-corrected chi connectivity index (χ3v) is 4.46. The SMILES string of the molecule is NCc1c(CO)cccc1CCCCCCOCCc1ccccn1. The molecule has 0 radical (unpaired) electrons. The van der Waals surface area contributed by atoms with Crippen LogP contribution in [0.5, 0.6) is 0 Å². The third-order valence-electron chi connectivity index (χ3n) is 4.46. The van der Waals surface area contributed by atoms with Gasteiger partial charge in [-0.05, 0) is 48.1 Å². The van der Waals surface area contributed by atoms with Crippen LogP contribution >= 0.6 is 0 Å². The minimum Gasteiger partial charge on any atom is -0.392 e. The van der Waals surface area contributed by atoms with E-state index in [1.807, 2.05) is 36.5 Å². The van der Waals surface area contributed by atoms with Crippen LogP contribution < -0.4 is 5.73 Å². The molecule has 0 bridgehead atoms. The molecule has 0 saturated heterocycles. The fourth-order valence-electron chi connectivity index (χ4n) is 3.03. The van der Waals surface area contributed by atoms with Crippen molar-refractivity contribution in [3.8, 4) is 0 Å². The zero-order chi connectivity index (χ0) is 17.7. The highest BCUT2D eigenvalue weighted by molar-refractivity contribution is 5.35. The van der Waals surface area contributed by atoms with Crippen molar-refractivity contribution in [2.75, 3.05) is 13.2 Å². The Morgan fingerprint density at radius 2 is 1.72 bits per heavy atom. The summed E-state index contributed by atoms with van der Waals surface area (Å²) in [4.78, 5) is 4.29. The van der Waals surface area contributed by atoms with Gasteiger partial charge in [0.15, 0.2) is 0 Å². The van der Waals surface area contributed by atoms with Crippen molar-refractivity contribution in [2.45, 2.75) is 51.7 Å². The van der Waals surface area contributed by atoms with Gasteiger partial charge in [-0.2, -0.15) is 0 Å². The second-order valence-electron chi connectivity index (χ2n) is 6.26. The summed E-state index contributed by atoms with van der Waals surface area (Å²) in [5.41, 5.74) is 10.3.